The molecule has 0 aliphatic rings. The zero-order valence-corrected chi connectivity index (χ0v) is 67.5. The lowest BCUT2D eigenvalue weighted by Crippen LogP contribution is -2.30. The largest absolute Gasteiger partial charge is 0.472 e. The van der Waals surface area contributed by atoms with Gasteiger partial charge in [0.15, 0.2) is 12.2 Å². The summed E-state index contributed by atoms with van der Waals surface area (Å²) in [6.07, 6.45) is 59.7. The Labute approximate surface area is 613 Å². The molecule has 0 aromatic rings. The van der Waals surface area contributed by atoms with Crippen LogP contribution >= 0.6 is 15.6 Å². The number of ether oxygens (including phenoxy) is 4. The summed E-state index contributed by atoms with van der Waals surface area (Å²) in [7, 11) is -9.92. The van der Waals surface area contributed by atoms with E-state index in [0.717, 1.165) is 108 Å². The number of carbonyl (C=O) groups excluding carboxylic acids is 4. The van der Waals surface area contributed by atoms with Crippen LogP contribution < -0.4 is 0 Å². The molecule has 0 saturated heterocycles. The van der Waals surface area contributed by atoms with Gasteiger partial charge in [0.05, 0.1) is 26.4 Å². The van der Waals surface area contributed by atoms with Gasteiger partial charge < -0.3 is 33.8 Å². The number of esters is 4. The lowest BCUT2D eigenvalue weighted by Gasteiger charge is -2.21. The van der Waals surface area contributed by atoms with Gasteiger partial charge >= 0.3 is 39.5 Å². The first-order valence-electron chi connectivity index (χ1n) is 41.8. The van der Waals surface area contributed by atoms with Crippen LogP contribution in [0.25, 0.3) is 0 Å². The van der Waals surface area contributed by atoms with E-state index in [1.807, 2.05) is 0 Å². The van der Waals surface area contributed by atoms with Gasteiger partial charge in [0.2, 0.25) is 0 Å². The van der Waals surface area contributed by atoms with Crippen molar-refractivity contribution in [2.75, 3.05) is 39.6 Å². The van der Waals surface area contributed by atoms with Crippen molar-refractivity contribution >= 4 is 39.5 Å². The molecule has 0 aromatic heterocycles. The van der Waals surface area contributed by atoms with Gasteiger partial charge in [0.25, 0.3) is 0 Å². The number of unbranched alkanes of at least 4 members (excludes halogenated alkanes) is 47. The van der Waals surface area contributed by atoms with E-state index in [2.05, 4.69) is 48.5 Å². The van der Waals surface area contributed by atoms with Crippen LogP contribution in [0.2, 0.25) is 0 Å². The number of hydrogen-bond acceptors (Lipinski definition) is 15. The SMILES string of the molecule is CCCCCCCCCCCCCCCCCCCC(=O)OC[C@H](COP(=O)(O)OC[C@@H](O)COP(=O)(O)OC[C@@H](COC(=O)CCCCCCCCCCCC(C)C)OC(=O)CCCCCCCCCCCC(C)C)OC(=O)CCCCCCCCCCCCCCCCCCC(C)C. The van der Waals surface area contributed by atoms with Crippen LogP contribution in [0.4, 0.5) is 0 Å². The molecule has 594 valence electrons. The topological polar surface area (TPSA) is 237 Å². The monoisotopic (exact) mass is 1470 g/mol. The molecule has 100 heavy (non-hydrogen) atoms. The molecular formula is C81H158O17P2. The lowest BCUT2D eigenvalue weighted by molar-refractivity contribution is -0.161. The maximum absolute atomic E-state index is 13.1. The molecule has 0 radical (unpaired) electrons. The van der Waals surface area contributed by atoms with E-state index in [1.54, 1.807) is 0 Å². The summed E-state index contributed by atoms with van der Waals surface area (Å²) in [4.78, 5) is 73.0. The summed E-state index contributed by atoms with van der Waals surface area (Å²) in [5.74, 6) is 0.178. The van der Waals surface area contributed by atoms with Crippen LogP contribution in [-0.2, 0) is 65.4 Å². The number of carbonyl (C=O) groups is 4. The molecule has 0 amide bonds. The summed E-state index contributed by atoms with van der Waals surface area (Å²) in [6, 6.07) is 0. The number of phosphoric ester groups is 2. The Balaban J connectivity index is 5.25. The summed E-state index contributed by atoms with van der Waals surface area (Å²) in [5, 5.41) is 10.6. The zero-order chi connectivity index (χ0) is 73.7. The highest BCUT2D eigenvalue weighted by Gasteiger charge is 2.30. The lowest BCUT2D eigenvalue weighted by atomic mass is 10.0. The molecule has 0 aliphatic carbocycles. The van der Waals surface area contributed by atoms with E-state index < -0.39 is 97.5 Å². The second-order valence-corrected chi connectivity index (χ2v) is 33.5. The first-order valence-corrected chi connectivity index (χ1v) is 44.8. The van der Waals surface area contributed by atoms with Crippen LogP contribution in [-0.4, -0.2) is 96.7 Å². The van der Waals surface area contributed by atoms with Crippen molar-refractivity contribution in [2.45, 2.75) is 439 Å². The number of aliphatic hydroxyl groups excluding tert-OH is 1. The van der Waals surface area contributed by atoms with Crippen molar-refractivity contribution in [2.24, 2.45) is 17.8 Å². The molecule has 0 aliphatic heterocycles. The molecule has 19 heteroatoms. The molecular weight excluding hydrogens is 1310 g/mol. The average Bonchev–Trinajstić information content (AvgIpc) is 0.939. The predicted molar refractivity (Wildman–Crippen MR) is 409 cm³/mol. The molecule has 2 unspecified atom stereocenters. The molecule has 0 bridgehead atoms. The maximum Gasteiger partial charge on any atom is 0.472 e. The number of hydrogen-bond donors (Lipinski definition) is 3. The van der Waals surface area contributed by atoms with Crippen LogP contribution in [0.3, 0.4) is 0 Å². The number of rotatable bonds is 79. The fraction of sp³-hybridized carbons (Fsp3) is 0.951. The second-order valence-electron chi connectivity index (χ2n) is 30.6. The van der Waals surface area contributed by atoms with Crippen LogP contribution in [0.5, 0.6) is 0 Å². The van der Waals surface area contributed by atoms with Crippen LogP contribution in [0.1, 0.15) is 421 Å². The highest BCUT2D eigenvalue weighted by Crippen LogP contribution is 2.45. The van der Waals surface area contributed by atoms with Gasteiger partial charge in [-0.15, -0.1) is 0 Å². The highest BCUT2D eigenvalue weighted by molar-refractivity contribution is 7.47. The molecule has 0 heterocycles. The Morgan fingerprint density at radius 3 is 0.680 bits per heavy atom. The first-order chi connectivity index (χ1) is 48.2. The Kier molecular flexibility index (Phi) is 69.9. The normalized spacial score (nSPS) is 14.0. The van der Waals surface area contributed by atoms with Gasteiger partial charge in [-0.2, -0.15) is 0 Å². The predicted octanol–water partition coefficient (Wildman–Crippen LogP) is 24.1. The fourth-order valence-corrected chi connectivity index (χ4v) is 14.1. The third-order valence-electron chi connectivity index (χ3n) is 18.9. The molecule has 0 aromatic carbocycles. The second kappa shape index (κ2) is 71.3. The first kappa shape index (κ1) is 98.1. The third kappa shape index (κ3) is 74.3. The molecule has 5 atom stereocenters. The van der Waals surface area contributed by atoms with Gasteiger partial charge in [-0.3, -0.25) is 37.3 Å². The van der Waals surface area contributed by atoms with E-state index >= 15 is 0 Å². The minimum Gasteiger partial charge on any atom is -0.462 e. The van der Waals surface area contributed by atoms with Gasteiger partial charge in [0.1, 0.15) is 19.3 Å². The number of aliphatic hydroxyl groups is 1. The molecule has 3 N–H and O–H groups in total. The van der Waals surface area contributed by atoms with Gasteiger partial charge in [0, 0.05) is 25.7 Å². The van der Waals surface area contributed by atoms with E-state index in [0.29, 0.717) is 25.7 Å². The Bertz CT molecular complexity index is 1940. The summed E-state index contributed by atoms with van der Waals surface area (Å²) in [5.41, 5.74) is 0. The van der Waals surface area contributed by atoms with Crippen LogP contribution in [0, 0.1) is 17.8 Å². The molecule has 0 spiro atoms. The van der Waals surface area contributed by atoms with Crippen molar-refractivity contribution in [3.63, 3.8) is 0 Å². The fourth-order valence-electron chi connectivity index (χ4n) is 12.5. The van der Waals surface area contributed by atoms with Crippen molar-refractivity contribution < 1.29 is 80.2 Å². The number of phosphoric acid groups is 2. The van der Waals surface area contributed by atoms with E-state index in [-0.39, 0.29) is 25.7 Å². The van der Waals surface area contributed by atoms with Gasteiger partial charge in [-0.05, 0) is 43.4 Å². The van der Waals surface area contributed by atoms with Crippen molar-refractivity contribution in [1.82, 2.24) is 0 Å². The Hall–Kier alpha value is -1.94. The maximum atomic E-state index is 13.1. The Morgan fingerprint density at radius 2 is 0.460 bits per heavy atom. The molecule has 0 saturated carbocycles. The van der Waals surface area contributed by atoms with E-state index in [4.69, 9.17) is 37.0 Å². The average molecular weight is 1470 g/mol. The summed E-state index contributed by atoms with van der Waals surface area (Å²) >= 11 is 0. The smallest absolute Gasteiger partial charge is 0.462 e. The third-order valence-corrected chi connectivity index (χ3v) is 20.8. The summed E-state index contributed by atoms with van der Waals surface area (Å²) < 4.78 is 68.7. The molecule has 0 rings (SSSR count). The van der Waals surface area contributed by atoms with Crippen molar-refractivity contribution in [3.8, 4) is 0 Å². The van der Waals surface area contributed by atoms with Crippen molar-refractivity contribution in [1.29, 1.82) is 0 Å². The quantitative estimate of drug-likeness (QED) is 0.0222. The van der Waals surface area contributed by atoms with Gasteiger partial charge in [-0.25, -0.2) is 9.13 Å². The van der Waals surface area contributed by atoms with E-state index in [1.165, 1.54) is 231 Å². The van der Waals surface area contributed by atoms with Gasteiger partial charge in [-0.1, -0.05) is 370 Å². The van der Waals surface area contributed by atoms with Crippen molar-refractivity contribution in [3.05, 3.63) is 0 Å². The standard InChI is InChI=1S/C81H158O17P2/c1-8-9-10-11-12-13-14-15-16-17-21-24-27-34-41-48-55-62-78(83)91-68-76(97-80(85)64-57-50-43-35-28-25-22-19-18-20-23-26-31-38-45-52-59-72(2)3)70-95-99(87,88)93-66-75(82)67-94-100(89,90)96-71-77(98-81(86)65-58-51-44-37-30-33-40-47-54-61-74(6)7)69-92-79(84)63-56-49-42-36-29-32-39-46-53-60-73(4)5/h72-77,82H,8-71H2,1-7H3,(H,87,88)(H,89,90)/t75-,76-,77-/m1/s1. The van der Waals surface area contributed by atoms with E-state index in [9.17, 15) is 43.2 Å². The minimum absolute atomic E-state index is 0.105. The summed E-state index contributed by atoms with van der Waals surface area (Å²) in [6.45, 7) is 11.9. The zero-order valence-electron chi connectivity index (χ0n) is 65.7. The highest BCUT2D eigenvalue weighted by atomic mass is 31.2. The minimum atomic E-state index is -4.96. The van der Waals surface area contributed by atoms with Crippen LogP contribution in [0.15, 0.2) is 0 Å². The molecule has 0 fully saturated rings. The Morgan fingerprint density at radius 1 is 0.270 bits per heavy atom. The molecule has 17 nitrogen and oxygen atoms in total.